The second-order valence-electron chi connectivity index (χ2n) is 3.09. The first-order chi connectivity index (χ1) is 6.22. The minimum Gasteiger partial charge on any atom is -0.396 e. The average Bonchev–Trinajstić information content (AvgIpc) is 2.12. The molecule has 0 aliphatic rings. The van der Waals surface area contributed by atoms with E-state index in [0.29, 0.717) is 6.42 Å². The molecule has 0 radical (unpaired) electrons. The Balaban J connectivity index is 3.43. The number of nitrogens with zero attached hydrogens (tertiary/aromatic N) is 1. The smallest absolute Gasteiger partial charge is 0.226 e. The highest BCUT2D eigenvalue weighted by atomic mass is 16.2. The van der Waals surface area contributed by atoms with Crippen LogP contribution in [0.4, 0.5) is 0 Å². The van der Waals surface area contributed by atoms with Crippen molar-refractivity contribution in [3.8, 4) is 0 Å². The van der Waals surface area contributed by atoms with Crippen molar-refractivity contribution in [3.05, 3.63) is 12.7 Å². The van der Waals surface area contributed by atoms with E-state index >= 15 is 0 Å². The molecule has 1 N–H and O–H groups in total. The Kier molecular flexibility index (Phi) is 7.30. The van der Waals surface area contributed by atoms with Gasteiger partial charge in [-0.05, 0) is 19.3 Å². The van der Waals surface area contributed by atoms with E-state index in [2.05, 4.69) is 6.58 Å². The Labute approximate surface area is 80.0 Å². The van der Waals surface area contributed by atoms with E-state index < -0.39 is 0 Å². The first-order valence-electron chi connectivity index (χ1n) is 4.68. The van der Waals surface area contributed by atoms with E-state index in [1.807, 2.05) is 0 Å². The maximum absolute atomic E-state index is 11.2. The molecule has 0 atom stereocenters. The lowest BCUT2D eigenvalue weighted by Gasteiger charge is -2.15. The summed E-state index contributed by atoms with van der Waals surface area (Å²) in [6.07, 6.45) is 4.79. The van der Waals surface area contributed by atoms with Gasteiger partial charge in [-0.2, -0.15) is 0 Å². The third-order valence-electron chi connectivity index (χ3n) is 1.90. The molecule has 0 heterocycles. The highest BCUT2D eigenvalue weighted by Gasteiger charge is 2.04. The molecule has 0 rings (SSSR count). The van der Waals surface area contributed by atoms with E-state index in [1.165, 1.54) is 0 Å². The minimum absolute atomic E-state index is 0.110. The second-order valence-corrected chi connectivity index (χ2v) is 3.09. The van der Waals surface area contributed by atoms with Crippen LogP contribution in [0.25, 0.3) is 0 Å². The molecular weight excluding hydrogens is 166 g/mol. The predicted octanol–water partition coefficient (Wildman–Crippen LogP) is 1.18. The van der Waals surface area contributed by atoms with Gasteiger partial charge in [0.25, 0.3) is 0 Å². The maximum Gasteiger partial charge on any atom is 0.226 e. The molecule has 0 saturated heterocycles. The zero-order chi connectivity index (χ0) is 10.1. The van der Waals surface area contributed by atoms with E-state index in [1.54, 1.807) is 18.0 Å². The van der Waals surface area contributed by atoms with Crippen molar-refractivity contribution in [3.63, 3.8) is 0 Å². The Bertz CT molecular complexity index is 157. The van der Waals surface area contributed by atoms with Gasteiger partial charge in [-0.3, -0.25) is 4.79 Å². The molecule has 0 aliphatic heterocycles. The van der Waals surface area contributed by atoms with E-state index in [4.69, 9.17) is 5.11 Å². The van der Waals surface area contributed by atoms with Crippen LogP contribution in [-0.4, -0.2) is 36.1 Å². The number of aliphatic hydroxyl groups is 1. The van der Waals surface area contributed by atoms with Crippen LogP contribution >= 0.6 is 0 Å². The standard InChI is InChI=1S/C10H19NO2/c1-3-7-10(13)11(2)8-5-4-6-9-12/h3,12H,1,4-9H2,2H3. The summed E-state index contributed by atoms with van der Waals surface area (Å²) in [7, 11) is 1.80. The van der Waals surface area contributed by atoms with Crippen LogP contribution in [0.2, 0.25) is 0 Å². The number of unbranched alkanes of at least 4 members (excludes halogenated alkanes) is 2. The summed E-state index contributed by atoms with van der Waals surface area (Å²) in [4.78, 5) is 12.9. The minimum atomic E-state index is 0.110. The van der Waals surface area contributed by atoms with Gasteiger partial charge in [-0.15, -0.1) is 6.58 Å². The van der Waals surface area contributed by atoms with Crippen molar-refractivity contribution in [1.82, 2.24) is 4.90 Å². The molecular formula is C10H19NO2. The number of rotatable bonds is 7. The van der Waals surface area contributed by atoms with Gasteiger partial charge in [-0.25, -0.2) is 0 Å². The fourth-order valence-corrected chi connectivity index (χ4v) is 1.04. The first kappa shape index (κ1) is 12.2. The highest BCUT2D eigenvalue weighted by Crippen LogP contribution is 1.98. The van der Waals surface area contributed by atoms with Gasteiger partial charge in [0.05, 0.1) is 0 Å². The lowest BCUT2D eigenvalue weighted by atomic mass is 10.2. The van der Waals surface area contributed by atoms with Crippen molar-refractivity contribution in [2.24, 2.45) is 0 Å². The molecule has 0 unspecified atom stereocenters. The topological polar surface area (TPSA) is 40.5 Å². The van der Waals surface area contributed by atoms with Gasteiger partial charge in [0, 0.05) is 26.6 Å². The number of carbonyl (C=O) groups excluding carboxylic acids is 1. The summed E-state index contributed by atoms with van der Waals surface area (Å²) in [5, 5.41) is 8.53. The number of hydrogen-bond donors (Lipinski definition) is 1. The normalized spacial score (nSPS) is 9.69. The number of amides is 1. The van der Waals surface area contributed by atoms with E-state index in [-0.39, 0.29) is 12.5 Å². The van der Waals surface area contributed by atoms with Gasteiger partial charge in [0.2, 0.25) is 5.91 Å². The van der Waals surface area contributed by atoms with Crippen LogP contribution in [0, 0.1) is 0 Å². The second kappa shape index (κ2) is 7.80. The average molecular weight is 185 g/mol. The monoisotopic (exact) mass is 185 g/mol. The lowest BCUT2D eigenvalue weighted by Crippen LogP contribution is -2.26. The van der Waals surface area contributed by atoms with Crippen LogP contribution in [0.1, 0.15) is 25.7 Å². The summed E-state index contributed by atoms with van der Waals surface area (Å²) in [5.74, 6) is 0.110. The molecule has 0 aromatic carbocycles. The van der Waals surface area contributed by atoms with Crippen molar-refractivity contribution >= 4 is 5.91 Å². The summed E-state index contributed by atoms with van der Waals surface area (Å²) in [5.41, 5.74) is 0. The highest BCUT2D eigenvalue weighted by molar-refractivity contribution is 5.77. The molecule has 0 aliphatic carbocycles. The maximum atomic E-state index is 11.2. The van der Waals surface area contributed by atoms with Crippen LogP contribution in [0.3, 0.4) is 0 Å². The first-order valence-corrected chi connectivity index (χ1v) is 4.68. The van der Waals surface area contributed by atoms with Crippen LogP contribution in [-0.2, 0) is 4.79 Å². The summed E-state index contributed by atoms with van der Waals surface area (Å²) in [6, 6.07) is 0. The van der Waals surface area contributed by atoms with Crippen LogP contribution in [0.15, 0.2) is 12.7 Å². The fraction of sp³-hybridized carbons (Fsp3) is 0.700. The Morgan fingerprint density at radius 1 is 1.46 bits per heavy atom. The molecule has 3 nitrogen and oxygen atoms in total. The fourth-order valence-electron chi connectivity index (χ4n) is 1.04. The van der Waals surface area contributed by atoms with Crippen molar-refractivity contribution < 1.29 is 9.90 Å². The molecule has 13 heavy (non-hydrogen) atoms. The lowest BCUT2D eigenvalue weighted by molar-refractivity contribution is -0.129. The summed E-state index contributed by atoms with van der Waals surface area (Å²) in [6.45, 7) is 4.52. The zero-order valence-electron chi connectivity index (χ0n) is 8.33. The van der Waals surface area contributed by atoms with Crippen molar-refractivity contribution in [1.29, 1.82) is 0 Å². The van der Waals surface area contributed by atoms with Gasteiger partial charge < -0.3 is 10.0 Å². The van der Waals surface area contributed by atoms with E-state index in [9.17, 15) is 4.79 Å². The molecule has 76 valence electrons. The predicted molar refractivity (Wildman–Crippen MR) is 53.4 cm³/mol. The van der Waals surface area contributed by atoms with E-state index in [0.717, 1.165) is 25.8 Å². The SMILES string of the molecule is C=CCC(=O)N(C)CCCCCO. The molecule has 0 saturated carbocycles. The number of hydrogen-bond acceptors (Lipinski definition) is 2. The molecule has 0 aromatic rings. The summed E-state index contributed by atoms with van der Waals surface area (Å²) >= 11 is 0. The number of aliphatic hydroxyl groups excluding tert-OH is 1. The Morgan fingerprint density at radius 2 is 2.15 bits per heavy atom. The third-order valence-corrected chi connectivity index (χ3v) is 1.90. The van der Waals surface area contributed by atoms with Crippen molar-refractivity contribution in [2.45, 2.75) is 25.7 Å². The molecule has 0 fully saturated rings. The van der Waals surface area contributed by atoms with Gasteiger partial charge in [-0.1, -0.05) is 6.08 Å². The van der Waals surface area contributed by atoms with Gasteiger partial charge in [0.1, 0.15) is 0 Å². The molecule has 3 heteroatoms. The third kappa shape index (κ3) is 6.34. The van der Waals surface area contributed by atoms with Crippen LogP contribution < -0.4 is 0 Å². The number of carbonyl (C=O) groups is 1. The Hall–Kier alpha value is -0.830. The van der Waals surface area contributed by atoms with Crippen molar-refractivity contribution in [2.75, 3.05) is 20.2 Å². The quantitative estimate of drug-likeness (QED) is 0.478. The largest absolute Gasteiger partial charge is 0.396 e. The Morgan fingerprint density at radius 3 is 2.69 bits per heavy atom. The molecule has 0 aromatic heterocycles. The zero-order valence-corrected chi connectivity index (χ0v) is 8.33. The molecule has 0 bridgehead atoms. The van der Waals surface area contributed by atoms with Gasteiger partial charge in [0.15, 0.2) is 0 Å². The summed E-state index contributed by atoms with van der Waals surface area (Å²) < 4.78 is 0. The molecule has 0 spiro atoms. The van der Waals surface area contributed by atoms with Crippen LogP contribution in [0.5, 0.6) is 0 Å². The van der Waals surface area contributed by atoms with Gasteiger partial charge >= 0.3 is 0 Å². The molecule has 1 amide bonds.